The van der Waals surface area contributed by atoms with Crippen molar-refractivity contribution in [3.05, 3.63) is 0 Å². The summed E-state index contributed by atoms with van der Waals surface area (Å²) >= 11 is 6.57. The van der Waals surface area contributed by atoms with Crippen molar-refractivity contribution in [3.8, 4) is 6.19 Å². The molecule has 0 radical (unpaired) electrons. The Bertz CT molecular complexity index is 303. The highest BCUT2D eigenvalue weighted by atomic mass is 32.2. The molecule has 1 atom stereocenters. The SMILES string of the molecule is CCNC(=S)NC(CSC)C(=O)N(C#N)CC. The van der Waals surface area contributed by atoms with Crippen molar-refractivity contribution >= 4 is 35.0 Å². The Morgan fingerprint density at radius 1 is 1.59 bits per heavy atom. The number of thiocarbonyl (C=S) groups is 1. The topological polar surface area (TPSA) is 68.2 Å². The highest BCUT2D eigenvalue weighted by molar-refractivity contribution is 7.98. The van der Waals surface area contributed by atoms with Gasteiger partial charge in [0.25, 0.3) is 5.91 Å². The van der Waals surface area contributed by atoms with E-state index in [0.717, 1.165) is 4.90 Å². The fraction of sp³-hybridized carbons (Fsp3) is 0.700. The molecule has 0 aromatic heterocycles. The largest absolute Gasteiger partial charge is 0.363 e. The second kappa shape index (κ2) is 9.07. The standard InChI is InChI=1S/C10H18N4OS2/c1-4-12-10(16)13-8(6-17-3)9(15)14(5-2)7-11/h8H,4-6H2,1-3H3,(H2,12,13,16). The van der Waals surface area contributed by atoms with E-state index >= 15 is 0 Å². The van der Waals surface area contributed by atoms with Crippen LogP contribution in [0.15, 0.2) is 0 Å². The molecule has 0 saturated carbocycles. The van der Waals surface area contributed by atoms with Gasteiger partial charge in [0, 0.05) is 18.8 Å². The quantitative estimate of drug-likeness (QED) is 0.418. The molecular weight excluding hydrogens is 256 g/mol. The van der Waals surface area contributed by atoms with Crippen molar-refractivity contribution in [1.82, 2.24) is 15.5 Å². The molecule has 2 N–H and O–H groups in total. The van der Waals surface area contributed by atoms with Crippen LogP contribution in [0.25, 0.3) is 0 Å². The molecule has 1 amide bonds. The van der Waals surface area contributed by atoms with Gasteiger partial charge in [-0.3, -0.25) is 4.79 Å². The van der Waals surface area contributed by atoms with Crippen LogP contribution in [0.1, 0.15) is 13.8 Å². The number of nitrogens with one attached hydrogen (secondary N) is 2. The molecule has 0 bridgehead atoms. The molecule has 96 valence electrons. The number of carbonyl (C=O) groups excluding carboxylic acids is 1. The first-order chi connectivity index (χ1) is 8.10. The van der Waals surface area contributed by atoms with Crippen LogP contribution in [0.5, 0.6) is 0 Å². The van der Waals surface area contributed by atoms with Crippen molar-refractivity contribution < 1.29 is 4.79 Å². The van der Waals surface area contributed by atoms with Gasteiger partial charge in [0.05, 0.1) is 0 Å². The number of nitrogens with zero attached hydrogens (tertiary/aromatic N) is 2. The minimum atomic E-state index is -0.462. The van der Waals surface area contributed by atoms with E-state index in [2.05, 4.69) is 10.6 Å². The minimum Gasteiger partial charge on any atom is -0.363 e. The van der Waals surface area contributed by atoms with E-state index < -0.39 is 6.04 Å². The summed E-state index contributed by atoms with van der Waals surface area (Å²) in [6.07, 6.45) is 3.77. The highest BCUT2D eigenvalue weighted by Crippen LogP contribution is 2.02. The van der Waals surface area contributed by atoms with Crippen LogP contribution in [0.3, 0.4) is 0 Å². The Labute approximate surface area is 112 Å². The van der Waals surface area contributed by atoms with Crippen LogP contribution in [0.4, 0.5) is 0 Å². The number of likely N-dealkylation sites (N-methyl/N-ethyl adjacent to an activating group) is 1. The molecule has 0 heterocycles. The molecule has 0 saturated heterocycles. The molecule has 0 aromatic carbocycles. The lowest BCUT2D eigenvalue weighted by Crippen LogP contribution is -2.51. The average molecular weight is 274 g/mol. The van der Waals surface area contributed by atoms with E-state index in [1.54, 1.807) is 6.92 Å². The number of amides is 1. The van der Waals surface area contributed by atoms with Gasteiger partial charge in [0.2, 0.25) is 0 Å². The number of hydrogen-bond donors (Lipinski definition) is 2. The van der Waals surface area contributed by atoms with Crippen molar-refractivity contribution in [2.45, 2.75) is 19.9 Å². The van der Waals surface area contributed by atoms with E-state index in [1.807, 2.05) is 19.4 Å². The van der Waals surface area contributed by atoms with Gasteiger partial charge in [-0.1, -0.05) is 0 Å². The maximum absolute atomic E-state index is 12.0. The number of nitriles is 1. The molecule has 17 heavy (non-hydrogen) atoms. The first kappa shape index (κ1) is 16.0. The van der Waals surface area contributed by atoms with Gasteiger partial charge in [-0.25, -0.2) is 4.90 Å². The van der Waals surface area contributed by atoms with Crippen molar-refractivity contribution in [2.75, 3.05) is 25.1 Å². The summed E-state index contributed by atoms with van der Waals surface area (Å²) in [5.74, 6) is 0.326. The van der Waals surface area contributed by atoms with Crippen LogP contribution in [-0.2, 0) is 4.79 Å². The molecule has 0 aromatic rings. The van der Waals surface area contributed by atoms with E-state index in [-0.39, 0.29) is 5.91 Å². The predicted molar refractivity (Wildman–Crippen MR) is 74.6 cm³/mol. The maximum atomic E-state index is 12.0. The second-order valence-corrected chi connectivity index (χ2v) is 4.51. The Kier molecular flexibility index (Phi) is 8.54. The fourth-order valence-electron chi connectivity index (χ4n) is 1.18. The molecule has 1 unspecified atom stereocenters. The second-order valence-electron chi connectivity index (χ2n) is 3.19. The summed E-state index contributed by atoms with van der Waals surface area (Å²) in [6.45, 7) is 4.75. The molecule has 5 nitrogen and oxygen atoms in total. The summed E-state index contributed by atoms with van der Waals surface area (Å²) in [4.78, 5) is 13.1. The number of carbonyl (C=O) groups is 1. The fourth-order valence-corrected chi connectivity index (χ4v) is 2.02. The van der Waals surface area contributed by atoms with Gasteiger partial charge in [0.15, 0.2) is 11.3 Å². The molecule has 0 aliphatic carbocycles. The lowest BCUT2D eigenvalue weighted by molar-refractivity contribution is -0.129. The first-order valence-corrected chi connectivity index (χ1v) is 7.15. The summed E-state index contributed by atoms with van der Waals surface area (Å²) in [6, 6.07) is -0.462. The zero-order valence-corrected chi connectivity index (χ0v) is 12.0. The molecule has 0 aliphatic heterocycles. The molecule has 0 spiro atoms. The monoisotopic (exact) mass is 274 g/mol. The summed E-state index contributed by atoms with van der Waals surface area (Å²) in [7, 11) is 0. The molecule has 0 rings (SSSR count). The van der Waals surface area contributed by atoms with Crippen LogP contribution in [-0.4, -0.2) is 47.1 Å². The average Bonchev–Trinajstić information content (AvgIpc) is 2.30. The highest BCUT2D eigenvalue weighted by Gasteiger charge is 2.23. The van der Waals surface area contributed by atoms with Gasteiger partial charge in [-0.05, 0) is 32.3 Å². The Morgan fingerprint density at radius 2 is 2.24 bits per heavy atom. The number of thioether (sulfide) groups is 1. The summed E-state index contributed by atoms with van der Waals surface area (Å²) in [5, 5.41) is 15.1. The van der Waals surface area contributed by atoms with E-state index in [4.69, 9.17) is 17.5 Å². The lowest BCUT2D eigenvalue weighted by Gasteiger charge is -2.22. The van der Waals surface area contributed by atoms with Gasteiger partial charge in [-0.15, -0.1) is 0 Å². The van der Waals surface area contributed by atoms with Crippen LogP contribution in [0, 0.1) is 11.5 Å². The third-order valence-corrected chi connectivity index (χ3v) is 2.91. The number of rotatable bonds is 6. The first-order valence-electron chi connectivity index (χ1n) is 5.35. The van der Waals surface area contributed by atoms with Gasteiger partial charge >= 0.3 is 0 Å². The predicted octanol–water partition coefficient (Wildman–Crippen LogP) is 0.532. The van der Waals surface area contributed by atoms with Crippen LogP contribution >= 0.6 is 24.0 Å². The molecular formula is C10H18N4OS2. The molecule has 7 heteroatoms. The van der Waals surface area contributed by atoms with Crippen molar-refractivity contribution in [1.29, 1.82) is 5.26 Å². The van der Waals surface area contributed by atoms with Gasteiger partial charge in [0.1, 0.15) is 6.04 Å². The van der Waals surface area contributed by atoms with E-state index in [9.17, 15) is 4.79 Å². The van der Waals surface area contributed by atoms with Gasteiger partial charge in [-0.2, -0.15) is 17.0 Å². The Morgan fingerprint density at radius 3 is 2.65 bits per heavy atom. The maximum Gasteiger partial charge on any atom is 0.258 e. The smallest absolute Gasteiger partial charge is 0.258 e. The van der Waals surface area contributed by atoms with Crippen molar-refractivity contribution in [3.63, 3.8) is 0 Å². The van der Waals surface area contributed by atoms with E-state index in [0.29, 0.717) is 24.0 Å². The summed E-state index contributed by atoms with van der Waals surface area (Å²) in [5.41, 5.74) is 0. The van der Waals surface area contributed by atoms with E-state index in [1.165, 1.54) is 11.8 Å². The molecule has 0 aliphatic rings. The minimum absolute atomic E-state index is 0.246. The summed E-state index contributed by atoms with van der Waals surface area (Å²) < 4.78 is 0. The lowest BCUT2D eigenvalue weighted by atomic mass is 10.3. The third-order valence-electron chi connectivity index (χ3n) is 1.98. The Balaban J connectivity index is 4.56. The normalized spacial score (nSPS) is 11.2. The van der Waals surface area contributed by atoms with Crippen molar-refractivity contribution in [2.24, 2.45) is 0 Å². The van der Waals surface area contributed by atoms with Gasteiger partial charge < -0.3 is 10.6 Å². The zero-order chi connectivity index (χ0) is 13.3. The molecule has 0 fully saturated rings. The third kappa shape index (κ3) is 5.75. The zero-order valence-electron chi connectivity index (χ0n) is 10.3. The number of hydrogen-bond acceptors (Lipinski definition) is 4. The van der Waals surface area contributed by atoms with Crippen LogP contribution < -0.4 is 10.6 Å². The van der Waals surface area contributed by atoms with Crippen LogP contribution in [0.2, 0.25) is 0 Å². The Hall–Kier alpha value is -1.00.